The number of esters is 2. The molecule has 0 spiro atoms. The first-order valence-electron chi connectivity index (χ1n) is 12.8. The minimum atomic E-state index is -0.721. The molecule has 1 aliphatic rings. The number of carbonyl (C=O) groups is 2. The average molecular weight is 510 g/mol. The van der Waals surface area contributed by atoms with E-state index in [4.69, 9.17) is 23.9 Å². The maximum absolute atomic E-state index is 13.1. The van der Waals surface area contributed by atoms with E-state index in [1.54, 1.807) is 11.8 Å². The molecule has 0 unspecified atom stereocenters. The number of anilines is 1. The van der Waals surface area contributed by atoms with Gasteiger partial charge in [0.25, 0.3) is 0 Å². The number of benzene rings is 1. The van der Waals surface area contributed by atoms with Crippen molar-refractivity contribution in [2.75, 3.05) is 18.1 Å². The number of carbonyl (C=O) groups excluding carboxylic acids is 2. The number of aromatic nitrogens is 2. The molecule has 1 N–H and O–H groups in total. The van der Waals surface area contributed by atoms with Crippen molar-refractivity contribution in [2.24, 2.45) is 0 Å². The molecule has 2 atom stereocenters. The predicted octanol–water partition coefficient (Wildman–Crippen LogP) is 4.79. The molecule has 4 rings (SSSR count). The molecule has 9 nitrogen and oxygen atoms in total. The fourth-order valence-electron chi connectivity index (χ4n) is 4.52. The normalized spacial score (nSPS) is 17.9. The number of ether oxygens (including phenoxy) is 2. The van der Waals surface area contributed by atoms with Gasteiger partial charge in [0.2, 0.25) is 0 Å². The van der Waals surface area contributed by atoms with Crippen LogP contribution in [0.3, 0.4) is 0 Å². The maximum atomic E-state index is 13.1. The summed E-state index contributed by atoms with van der Waals surface area (Å²) in [5, 5.41) is 11.3. The van der Waals surface area contributed by atoms with Crippen LogP contribution in [0.2, 0.25) is 0 Å². The van der Waals surface area contributed by atoms with Crippen molar-refractivity contribution in [3.8, 4) is 0 Å². The molecule has 3 heterocycles. The molecule has 1 aromatic carbocycles. The predicted molar refractivity (Wildman–Crippen MR) is 141 cm³/mol. The van der Waals surface area contributed by atoms with Crippen molar-refractivity contribution in [1.29, 1.82) is 0 Å². The standard InChI is InChI=1S/C28H35N3O6/c1-6-35-22(33)14-10-7-11-17(2)25-29-23-19-12-8-9-13-21(19)36-24(23)26(30-25)31-16-18(32)15-20(31)27(34)37-28(3,4)5/h8-9,12-13,18,20,32H,2,6-7,10-11,14-16H2,1,3-5H3/t18-,20-/m0/s1. The molecule has 37 heavy (non-hydrogen) atoms. The molecule has 198 valence electrons. The third-order valence-electron chi connectivity index (χ3n) is 6.16. The zero-order valence-electron chi connectivity index (χ0n) is 22.0. The summed E-state index contributed by atoms with van der Waals surface area (Å²) in [6, 6.07) is 6.85. The lowest BCUT2D eigenvalue weighted by Gasteiger charge is -2.28. The van der Waals surface area contributed by atoms with E-state index in [1.807, 2.05) is 45.0 Å². The second-order valence-corrected chi connectivity index (χ2v) is 10.4. The molecule has 1 aliphatic heterocycles. The number of furan rings is 1. The maximum Gasteiger partial charge on any atom is 0.329 e. The van der Waals surface area contributed by atoms with Crippen LogP contribution in [-0.2, 0) is 19.1 Å². The van der Waals surface area contributed by atoms with Gasteiger partial charge in [-0.1, -0.05) is 18.7 Å². The van der Waals surface area contributed by atoms with Crippen molar-refractivity contribution in [3.05, 3.63) is 36.7 Å². The fourth-order valence-corrected chi connectivity index (χ4v) is 4.52. The molecule has 0 amide bonds. The van der Waals surface area contributed by atoms with E-state index in [0.717, 1.165) is 11.8 Å². The first-order chi connectivity index (χ1) is 17.6. The molecule has 0 aliphatic carbocycles. The number of β-amino-alcohol motifs (C(OH)–C–C–N with tert-alkyl or cyclic N) is 1. The summed E-state index contributed by atoms with van der Waals surface area (Å²) in [6.07, 6.45) is 1.84. The van der Waals surface area contributed by atoms with E-state index in [1.165, 1.54) is 0 Å². The number of aliphatic hydroxyl groups is 1. The highest BCUT2D eigenvalue weighted by Crippen LogP contribution is 2.37. The van der Waals surface area contributed by atoms with Gasteiger partial charge in [0.05, 0.1) is 12.7 Å². The SMILES string of the molecule is C=C(CCCCC(=O)OCC)c1nc(N2C[C@@H](O)C[C@H]2C(=O)OC(C)(C)C)c2oc3ccccc3c2n1. The van der Waals surface area contributed by atoms with Crippen LogP contribution in [0.4, 0.5) is 5.82 Å². The summed E-state index contributed by atoms with van der Waals surface area (Å²) in [6.45, 7) is 12.0. The number of unbranched alkanes of at least 4 members (excludes halogenated alkanes) is 1. The highest BCUT2D eigenvalue weighted by atomic mass is 16.6. The summed E-state index contributed by atoms with van der Waals surface area (Å²) in [7, 11) is 0. The minimum Gasteiger partial charge on any atom is -0.466 e. The van der Waals surface area contributed by atoms with Gasteiger partial charge in [-0.25, -0.2) is 14.8 Å². The Morgan fingerprint density at radius 3 is 2.65 bits per heavy atom. The Morgan fingerprint density at radius 1 is 1.19 bits per heavy atom. The number of allylic oxidation sites excluding steroid dienone is 1. The monoisotopic (exact) mass is 509 g/mol. The van der Waals surface area contributed by atoms with Gasteiger partial charge in [0, 0.05) is 24.8 Å². The number of nitrogens with zero attached hydrogens (tertiary/aromatic N) is 3. The smallest absolute Gasteiger partial charge is 0.329 e. The van der Waals surface area contributed by atoms with Crippen LogP contribution in [0.15, 0.2) is 35.3 Å². The Balaban J connectivity index is 1.68. The van der Waals surface area contributed by atoms with E-state index < -0.39 is 23.7 Å². The Labute approximate surface area is 216 Å². The van der Waals surface area contributed by atoms with Crippen LogP contribution in [0, 0.1) is 0 Å². The zero-order chi connectivity index (χ0) is 26.7. The van der Waals surface area contributed by atoms with Gasteiger partial charge in [-0.05, 0) is 64.7 Å². The molecule has 1 fully saturated rings. The van der Waals surface area contributed by atoms with Crippen LogP contribution in [-0.4, -0.2) is 57.9 Å². The number of para-hydroxylation sites is 1. The first kappa shape index (κ1) is 26.6. The van der Waals surface area contributed by atoms with Crippen LogP contribution in [0.25, 0.3) is 27.6 Å². The van der Waals surface area contributed by atoms with Crippen molar-refractivity contribution < 1.29 is 28.6 Å². The van der Waals surface area contributed by atoms with Gasteiger partial charge < -0.3 is 23.9 Å². The van der Waals surface area contributed by atoms with E-state index in [0.29, 0.717) is 59.8 Å². The number of aliphatic hydroxyl groups excluding tert-OH is 1. The van der Waals surface area contributed by atoms with Gasteiger partial charge in [-0.15, -0.1) is 0 Å². The van der Waals surface area contributed by atoms with Gasteiger partial charge >= 0.3 is 11.9 Å². The van der Waals surface area contributed by atoms with E-state index in [9.17, 15) is 14.7 Å². The summed E-state index contributed by atoms with van der Waals surface area (Å²) in [5.41, 5.74) is 1.76. The Hall–Kier alpha value is -3.46. The quantitative estimate of drug-likeness (QED) is 0.321. The molecule has 2 aromatic heterocycles. The highest BCUT2D eigenvalue weighted by Gasteiger charge is 2.41. The van der Waals surface area contributed by atoms with E-state index >= 15 is 0 Å². The zero-order valence-corrected chi connectivity index (χ0v) is 22.0. The molecule has 9 heteroatoms. The van der Waals surface area contributed by atoms with Crippen LogP contribution >= 0.6 is 0 Å². The summed E-state index contributed by atoms with van der Waals surface area (Å²) >= 11 is 0. The fraction of sp³-hybridized carbons (Fsp3) is 0.500. The number of hydrogen-bond donors (Lipinski definition) is 1. The van der Waals surface area contributed by atoms with Gasteiger partial charge in [0.15, 0.2) is 17.2 Å². The minimum absolute atomic E-state index is 0.207. The van der Waals surface area contributed by atoms with Crippen LogP contribution in [0.1, 0.15) is 65.6 Å². The molecule has 0 saturated carbocycles. The topological polar surface area (TPSA) is 115 Å². The Bertz CT molecular complexity index is 1310. The Kier molecular flexibility index (Phi) is 7.82. The van der Waals surface area contributed by atoms with Crippen molar-refractivity contribution >= 4 is 45.4 Å². The second-order valence-electron chi connectivity index (χ2n) is 10.4. The summed E-state index contributed by atoms with van der Waals surface area (Å²) < 4.78 is 16.8. The average Bonchev–Trinajstić information content (AvgIpc) is 3.41. The molecule has 1 saturated heterocycles. The molecule has 3 aromatic rings. The molecule has 0 bridgehead atoms. The molecular weight excluding hydrogens is 474 g/mol. The lowest BCUT2D eigenvalue weighted by atomic mass is 10.1. The first-order valence-corrected chi connectivity index (χ1v) is 12.8. The molecule has 0 radical (unpaired) electrons. The number of rotatable bonds is 9. The van der Waals surface area contributed by atoms with Gasteiger partial charge in [-0.3, -0.25) is 4.79 Å². The van der Waals surface area contributed by atoms with Crippen molar-refractivity contribution in [2.45, 2.75) is 77.5 Å². The molecular formula is C28H35N3O6. The van der Waals surface area contributed by atoms with E-state index in [-0.39, 0.29) is 18.9 Å². The third-order valence-corrected chi connectivity index (χ3v) is 6.16. The summed E-state index contributed by atoms with van der Waals surface area (Å²) in [4.78, 5) is 36.1. The number of hydrogen-bond acceptors (Lipinski definition) is 9. The largest absolute Gasteiger partial charge is 0.466 e. The van der Waals surface area contributed by atoms with E-state index in [2.05, 4.69) is 6.58 Å². The lowest BCUT2D eigenvalue weighted by molar-refractivity contribution is -0.156. The third kappa shape index (κ3) is 6.10. The summed E-state index contributed by atoms with van der Waals surface area (Å²) in [5.74, 6) is 0.232. The Morgan fingerprint density at radius 2 is 1.92 bits per heavy atom. The van der Waals surface area contributed by atoms with Crippen molar-refractivity contribution in [3.63, 3.8) is 0 Å². The van der Waals surface area contributed by atoms with Gasteiger partial charge in [0.1, 0.15) is 22.7 Å². The second kappa shape index (κ2) is 10.9. The van der Waals surface area contributed by atoms with Gasteiger partial charge in [-0.2, -0.15) is 0 Å². The lowest BCUT2D eigenvalue weighted by Crippen LogP contribution is -2.41. The van der Waals surface area contributed by atoms with Crippen LogP contribution < -0.4 is 4.90 Å². The number of fused-ring (bicyclic) bond motifs is 3. The van der Waals surface area contributed by atoms with Crippen LogP contribution in [0.5, 0.6) is 0 Å². The highest BCUT2D eigenvalue weighted by molar-refractivity contribution is 6.06. The van der Waals surface area contributed by atoms with Crippen molar-refractivity contribution in [1.82, 2.24) is 9.97 Å².